The highest BCUT2D eigenvalue weighted by Gasteiger charge is 2.45. The summed E-state index contributed by atoms with van der Waals surface area (Å²) in [6.45, 7) is 0. The van der Waals surface area contributed by atoms with Gasteiger partial charge >= 0.3 is 5.97 Å². The van der Waals surface area contributed by atoms with E-state index in [2.05, 4.69) is 4.74 Å². The highest BCUT2D eigenvalue weighted by Crippen LogP contribution is 2.49. The Morgan fingerprint density at radius 1 is 1.50 bits per heavy atom. The summed E-state index contributed by atoms with van der Waals surface area (Å²) in [6.07, 6.45) is 2.09. The van der Waals surface area contributed by atoms with Crippen LogP contribution in [-0.2, 0) is 26.1 Å². The maximum absolute atomic E-state index is 13.3. The Kier molecular flexibility index (Phi) is 4.81. The highest BCUT2D eigenvalue weighted by molar-refractivity contribution is 7.84. The second kappa shape index (κ2) is 6.22. The number of benzene rings is 1. The first kappa shape index (κ1) is 15.4. The fourth-order valence-electron chi connectivity index (χ4n) is 2.14. The van der Waals surface area contributed by atoms with Crippen molar-refractivity contribution in [2.24, 2.45) is 5.41 Å². The van der Waals surface area contributed by atoms with Gasteiger partial charge in [0, 0.05) is 22.3 Å². The summed E-state index contributed by atoms with van der Waals surface area (Å²) < 4.78 is 30.1. The van der Waals surface area contributed by atoms with Gasteiger partial charge in [0.15, 0.2) is 0 Å². The number of rotatable bonds is 6. The number of carbonyl (C=O) groups is 1. The predicted molar refractivity (Wildman–Crippen MR) is 76.4 cm³/mol. The third-order valence-corrected chi connectivity index (χ3v) is 5.38. The minimum absolute atomic E-state index is 0.0592. The molecule has 1 aliphatic rings. The van der Waals surface area contributed by atoms with Crippen LogP contribution in [0, 0.1) is 11.2 Å². The maximum Gasteiger partial charge on any atom is 0.306 e. The number of ether oxygens (including phenoxy) is 1. The van der Waals surface area contributed by atoms with Gasteiger partial charge in [-0.2, -0.15) is 0 Å². The van der Waals surface area contributed by atoms with Crippen LogP contribution < -0.4 is 0 Å². The van der Waals surface area contributed by atoms with Crippen molar-refractivity contribution in [3.8, 4) is 0 Å². The lowest BCUT2D eigenvalue weighted by molar-refractivity contribution is -0.141. The number of carbonyl (C=O) groups excluding carboxylic acids is 1. The average molecular weight is 319 g/mol. The van der Waals surface area contributed by atoms with E-state index in [0.717, 1.165) is 12.8 Å². The molecule has 0 heterocycles. The first-order valence-electron chi connectivity index (χ1n) is 6.30. The molecule has 0 aliphatic heterocycles. The Morgan fingerprint density at radius 3 is 2.75 bits per heavy atom. The summed E-state index contributed by atoms with van der Waals surface area (Å²) in [7, 11) is 0.224. The lowest BCUT2D eigenvalue weighted by Gasteiger charge is -2.13. The third-order valence-electron chi connectivity index (χ3n) is 3.48. The molecule has 0 aromatic heterocycles. The second-order valence-electron chi connectivity index (χ2n) is 5.23. The van der Waals surface area contributed by atoms with Crippen LogP contribution in [0.3, 0.4) is 0 Å². The molecule has 0 saturated heterocycles. The maximum atomic E-state index is 13.3. The SMILES string of the molecule is COC(=O)CC1(CS(=O)Cc2ccc(Cl)c(F)c2)CC1. The molecule has 1 aromatic rings. The third kappa shape index (κ3) is 4.03. The fourth-order valence-corrected chi connectivity index (χ4v) is 3.98. The van der Waals surface area contributed by atoms with E-state index in [0.29, 0.717) is 17.7 Å². The summed E-state index contributed by atoms with van der Waals surface area (Å²) in [4.78, 5) is 11.3. The van der Waals surface area contributed by atoms with Crippen molar-refractivity contribution in [1.29, 1.82) is 0 Å². The zero-order valence-electron chi connectivity index (χ0n) is 11.2. The lowest BCUT2D eigenvalue weighted by atomic mass is 10.1. The van der Waals surface area contributed by atoms with Crippen molar-refractivity contribution in [2.45, 2.75) is 25.0 Å². The molecule has 0 spiro atoms. The van der Waals surface area contributed by atoms with Crippen molar-refractivity contribution in [3.63, 3.8) is 0 Å². The molecule has 1 aliphatic carbocycles. The van der Waals surface area contributed by atoms with E-state index in [9.17, 15) is 13.4 Å². The van der Waals surface area contributed by atoms with Gasteiger partial charge < -0.3 is 4.74 Å². The number of methoxy groups -OCH3 is 1. The quantitative estimate of drug-likeness (QED) is 0.757. The van der Waals surface area contributed by atoms with Crippen molar-refractivity contribution < 1.29 is 18.1 Å². The van der Waals surface area contributed by atoms with E-state index in [1.54, 1.807) is 6.07 Å². The largest absolute Gasteiger partial charge is 0.469 e. The normalized spacial score (nSPS) is 17.6. The molecule has 0 amide bonds. The average Bonchev–Trinajstić information content (AvgIpc) is 3.13. The van der Waals surface area contributed by atoms with Crippen LogP contribution in [0.25, 0.3) is 0 Å². The van der Waals surface area contributed by atoms with E-state index in [4.69, 9.17) is 11.6 Å². The molecule has 6 heteroatoms. The van der Waals surface area contributed by atoms with Gasteiger partial charge in [-0.3, -0.25) is 9.00 Å². The van der Waals surface area contributed by atoms with Crippen LogP contribution in [-0.4, -0.2) is 23.0 Å². The zero-order chi connectivity index (χ0) is 14.8. The monoisotopic (exact) mass is 318 g/mol. The van der Waals surface area contributed by atoms with Gasteiger partial charge in [-0.25, -0.2) is 4.39 Å². The van der Waals surface area contributed by atoms with E-state index >= 15 is 0 Å². The molecule has 1 saturated carbocycles. The molecule has 1 atom stereocenters. The van der Waals surface area contributed by atoms with Crippen LogP contribution in [0.15, 0.2) is 18.2 Å². The van der Waals surface area contributed by atoms with E-state index in [1.807, 2.05) is 0 Å². The lowest BCUT2D eigenvalue weighted by Crippen LogP contribution is -2.18. The number of hydrogen-bond donors (Lipinski definition) is 0. The Balaban J connectivity index is 1.92. The van der Waals surface area contributed by atoms with Crippen molar-refractivity contribution >= 4 is 28.4 Å². The van der Waals surface area contributed by atoms with Gasteiger partial charge in [0.05, 0.1) is 18.6 Å². The molecule has 2 rings (SSSR count). The molecule has 0 bridgehead atoms. The summed E-state index contributed by atoms with van der Waals surface area (Å²) in [6, 6.07) is 4.44. The summed E-state index contributed by atoms with van der Waals surface area (Å²) in [5.74, 6) is -0.0440. The highest BCUT2D eigenvalue weighted by atomic mass is 35.5. The second-order valence-corrected chi connectivity index (χ2v) is 7.09. The number of esters is 1. The van der Waals surface area contributed by atoms with Crippen molar-refractivity contribution in [1.82, 2.24) is 0 Å². The Labute approximate surface area is 124 Å². The smallest absolute Gasteiger partial charge is 0.306 e. The molecule has 110 valence electrons. The first-order chi connectivity index (χ1) is 9.44. The van der Waals surface area contributed by atoms with Crippen LogP contribution >= 0.6 is 11.6 Å². The fraction of sp³-hybridized carbons (Fsp3) is 0.500. The molecule has 1 unspecified atom stereocenters. The summed E-state index contributed by atoms with van der Waals surface area (Å²) in [5.41, 5.74) is 0.474. The number of halogens is 2. The predicted octanol–water partition coefficient (Wildman–Crippen LogP) is 3.07. The minimum Gasteiger partial charge on any atom is -0.469 e. The van der Waals surface area contributed by atoms with Crippen LogP contribution in [0.4, 0.5) is 4.39 Å². The zero-order valence-corrected chi connectivity index (χ0v) is 12.7. The van der Waals surface area contributed by atoms with E-state index in [-0.39, 0.29) is 22.2 Å². The van der Waals surface area contributed by atoms with Gasteiger partial charge in [0.25, 0.3) is 0 Å². The van der Waals surface area contributed by atoms with Gasteiger partial charge in [0.1, 0.15) is 5.82 Å². The van der Waals surface area contributed by atoms with Gasteiger partial charge in [-0.1, -0.05) is 17.7 Å². The molecule has 0 radical (unpaired) electrons. The van der Waals surface area contributed by atoms with Crippen LogP contribution in [0.1, 0.15) is 24.8 Å². The first-order valence-corrected chi connectivity index (χ1v) is 8.16. The Bertz CT molecular complexity index is 543. The molecule has 0 N–H and O–H groups in total. The van der Waals surface area contributed by atoms with E-state index in [1.165, 1.54) is 19.2 Å². The minimum atomic E-state index is -1.13. The summed E-state index contributed by atoms with van der Waals surface area (Å²) in [5, 5.41) is 0.0592. The van der Waals surface area contributed by atoms with Crippen LogP contribution in [0.2, 0.25) is 5.02 Å². The molecule has 3 nitrogen and oxygen atoms in total. The van der Waals surface area contributed by atoms with Crippen LogP contribution in [0.5, 0.6) is 0 Å². The molecular formula is C14H16ClFO3S. The van der Waals surface area contributed by atoms with E-state index < -0.39 is 16.6 Å². The Hall–Kier alpha value is -0.940. The van der Waals surface area contributed by atoms with Crippen molar-refractivity contribution in [2.75, 3.05) is 12.9 Å². The van der Waals surface area contributed by atoms with Gasteiger partial charge in [-0.15, -0.1) is 0 Å². The number of hydrogen-bond acceptors (Lipinski definition) is 3. The van der Waals surface area contributed by atoms with Gasteiger partial charge in [0.2, 0.25) is 0 Å². The molecule has 20 heavy (non-hydrogen) atoms. The molecule has 1 aromatic carbocycles. The Morgan fingerprint density at radius 2 is 2.20 bits per heavy atom. The molecular weight excluding hydrogens is 303 g/mol. The van der Waals surface area contributed by atoms with Crippen molar-refractivity contribution in [3.05, 3.63) is 34.6 Å². The summed E-state index contributed by atoms with van der Waals surface area (Å²) >= 11 is 5.60. The molecule has 1 fully saturated rings. The standard InChI is InChI=1S/C14H16ClFO3S/c1-19-13(17)7-14(4-5-14)9-20(18)8-10-2-3-11(15)12(16)6-10/h2-3,6H,4-5,7-9H2,1H3. The van der Waals surface area contributed by atoms with Gasteiger partial charge in [-0.05, 0) is 36.0 Å². The topological polar surface area (TPSA) is 43.4 Å².